The fraction of sp³-hybridized carbons (Fsp3) is 0.278. The Morgan fingerprint density at radius 3 is 2.61 bits per heavy atom. The first-order valence-electron chi connectivity index (χ1n) is 7.51. The van der Waals surface area contributed by atoms with Crippen LogP contribution in [-0.4, -0.2) is 26.1 Å². The minimum atomic E-state index is -0.162. The molecule has 1 amide bonds. The Morgan fingerprint density at radius 1 is 1.26 bits per heavy atom. The SMILES string of the molecule is COc1cccc(NC(=O)[C@@H](C)[NH+](C)Cc2ccc(Br)cc2)c1. The van der Waals surface area contributed by atoms with Crippen LogP contribution in [0.25, 0.3) is 0 Å². The van der Waals surface area contributed by atoms with Gasteiger partial charge in [0.15, 0.2) is 6.04 Å². The summed E-state index contributed by atoms with van der Waals surface area (Å²) >= 11 is 3.43. The molecule has 5 heteroatoms. The standard InChI is InChI=1S/C18H21BrN2O2/c1-13(21(2)12-14-7-9-15(19)10-8-14)18(22)20-16-5-4-6-17(11-16)23-3/h4-11,13H,12H2,1-3H3,(H,20,22)/p+1/t13-/m1/s1. The molecule has 23 heavy (non-hydrogen) atoms. The number of carbonyl (C=O) groups excluding carboxylic acids is 1. The molecule has 2 aromatic rings. The van der Waals surface area contributed by atoms with E-state index in [1.165, 1.54) is 5.56 Å². The molecular weight excluding hydrogens is 356 g/mol. The molecule has 2 rings (SSSR count). The number of hydrogen-bond donors (Lipinski definition) is 2. The second-order valence-electron chi connectivity index (χ2n) is 5.59. The van der Waals surface area contributed by atoms with Gasteiger partial charge in [0.2, 0.25) is 0 Å². The van der Waals surface area contributed by atoms with Gasteiger partial charge in [0.25, 0.3) is 5.91 Å². The fourth-order valence-corrected chi connectivity index (χ4v) is 2.52. The van der Waals surface area contributed by atoms with Crippen molar-refractivity contribution in [3.63, 3.8) is 0 Å². The van der Waals surface area contributed by atoms with E-state index in [1.807, 2.05) is 50.4 Å². The van der Waals surface area contributed by atoms with Crippen molar-refractivity contribution in [2.75, 3.05) is 19.5 Å². The molecule has 1 unspecified atom stereocenters. The van der Waals surface area contributed by atoms with Crippen LogP contribution in [0.3, 0.4) is 0 Å². The predicted octanol–water partition coefficient (Wildman–Crippen LogP) is 2.50. The number of nitrogens with one attached hydrogen (secondary N) is 2. The highest BCUT2D eigenvalue weighted by Crippen LogP contribution is 2.16. The highest BCUT2D eigenvalue weighted by atomic mass is 79.9. The molecular formula is C18H22BrN2O2+. The van der Waals surface area contributed by atoms with E-state index in [-0.39, 0.29) is 11.9 Å². The molecule has 0 bridgehead atoms. The van der Waals surface area contributed by atoms with Gasteiger partial charge in [0.1, 0.15) is 12.3 Å². The van der Waals surface area contributed by atoms with Crippen LogP contribution in [0.15, 0.2) is 53.0 Å². The van der Waals surface area contributed by atoms with E-state index in [9.17, 15) is 4.79 Å². The summed E-state index contributed by atoms with van der Waals surface area (Å²) in [4.78, 5) is 13.5. The van der Waals surface area contributed by atoms with Gasteiger partial charge in [-0.1, -0.05) is 34.1 Å². The number of amides is 1. The zero-order valence-electron chi connectivity index (χ0n) is 13.6. The third-order valence-corrected chi connectivity index (χ3v) is 4.39. The molecule has 0 aliphatic heterocycles. The number of benzene rings is 2. The largest absolute Gasteiger partial charge is 0.497 e. The van der Waals surface area contributed by atoms with Crippen molar-refractivity contribution in [2.24, 2.45) is 0 Å². The van der Waals surface area contributed by atoms with Crippen molar-refractivity contribution in [2.45, 2.75) is 19.5 Å². The molecule has 0 heterocycles. The second-order valence-corrected chi connectivity index (χ2v) is 6.51. The Hall–Kier alpha value is -1.85. The van der Waals surface area contributed by atoms with Crippen LogP contribution in [-0.2, 0) is 11.3 Å². The quantitative estimate of drug-likeness (QED) is 0.811. The fourth-order valence-electron chi connectivity index (χ4n) is 2.25. The smallest absolute Gasteiger partial charge is 0.282 e. The molecule has 2 N–H and O–H groups in total. The van der Waals surface area contributed by atoms with Crippen LogP contribution in [0.4, 0.5) is 5.69 Å². The maximum atomic E-state index is 12.4. The van der Waals surface area contributed by atoms with E-state index in [1.54, 1.807) is 7.11 Å². The maximum Gasteiger partial charge on any atom is 0.282 e. The van der Waals surface area contributed by atoms with Crippen LogP contribution in [0, 0.1) is 0 Å². The molecule has 0 radical (unpaired) electrons. The Morgan fingerprint density at radius 2 is 1.96 bits per heavy atom. The Bertz CT molecular complexity index is 658. The van der Waals surface area contributed by atoms with Crippen LogP contribution < -0.4 is 15.0 Å². The monoisotopic (exact) mass is 377 g/mol. The second kappa shape index (κ2) is 8.13. The number of rotatable bonds is 6. The summed E-state index contributed by atoms with van der Waals surface area (Å²) in [5.74, 6) is 0.721. The number of anilines is 1. The minimum Gasteiger partial charge on any atom is -0.497 e. The van der Waals surface area contributed by atoms with Gasteiger partial charge in [0.05, 0.1) is 14.2 Å². The average molecular weight is 378 g/mol. The first kappa shape index (κ1) is 17.5. The summed E-state index contributed by atoms with van der Waals surface area (Å²) in [5, 5.41) is 2.94. The lowest BCUT2D eigenvalue weighted by atomic mass is 10.2. The van der Waals surface area contributed by atoms with Gasteiger partial charge in [-0.15, -0.1) is 0 Å². The van der Waals surface area contributed by atoms with Crippen molar-refractivity contribution in [1.82, 2.24) is 0 Å². The number of quaternary nitrogens is 1. The van der Waals surface area contributed by atoms with E-state index < -0.39 is 0 Å². The minimum absolute atomic E-state index is 0.00661. The van der Waals surface area contributed by atoms with E-state index in [4.69, 9.17) is 4.74 Å². The molecule has 2 atom stereocenters. The lowest BCUT2D eigenvalue weighted by Gasteiger charge is -2.21. The number of hydrogen-bond acceptors (Lipinski definition) is 2. The molecule has 122 valence electrons. The summed E-state index contributed by atoms with van der Waals surface area (Å²) in [6.45, 7) is 2.73. The molecule has 0 aliphatic carbocycles. The third-order valence-electron chi connectivity index (χ3n) is 3.87. The number of ether oxygens (including phenoxy) is 1. The van der Waals surface area contributed by atoms with Gasteiger partial charge in [0, 0.05) is 21.8 Å². The molecule has 2 aromatic carbocycles. The van der Waals surface area contributed by atoms with Crippen molar-refractivity contribution in [3.8, 4) is 5.75 Å². The van der Waals surface area contributed by atoms with E-state index >= 15 is 0 Å². The van der Waals surface area contributed by atoms with Crippen molar-refractivity contribution < 1.29 is 14.4 Å². The van der Waals surface area contributed by atoms with Gasteiger partial charge in [-0.3, -0.25) is 4.79 Å². The Labute approximate surface area is 145 Å². The van der Waals surface area contributed by atoms with Gasteiger partial charge in [-0.2, -0.15) is 0 Å². The van der Waals surface area contributed by atoms with Crippen molar-refractivity contribution in [1.29, 1.82) is 0 Å². The molecule has 0 aliphatic rings. The van der Waals surface area contributed by atoms with E-state index in [0.717, 1.165) is 27.4 Å². The van der Waals surface area contributed by atoms with Crippen molar-refractivity contribution in [3.05, 3.63) is 58.6 Å². The topological polar surface area (TPSA) is 42.8 Å². The van der Waals surface area contributed by atoms with Gasteiger partial charge in [-0.25, -0.2) is 0 Å². The first-order valence-corrected chi connectivity index (χ1v) is 8.30. The molecule has 4 nitrogen and oxygen atoms in total. The predicted molar refractivity (Wildman–Crippen MR) is 95.8 cm³/mol. The number of methoxy groups -OCH3 is 1. The molecule has 0 spiro atoms. The van der Waals surface area contributed by atoms with Gasteiger partial charge >= 0.3 is 0 Å². The zero-order chi connectivity index (χ0) is 16.8. The normalized spacial score (nSPS) is 13.2. The first-order chi connectivity index (χ1) is 11.0. The van der Waals surface area contributed by atoms with E-state index in [2.05, 4.69) is 33.4 Å². The Kier molecular flexibility index (Phi) is 6.19. The number of likely N-dealkylation sites (N-methyl/N-ethyl adjacent to an activating group) is 1. The summed E-state index contributed by atoms with van der Waals surface area (Å²) in [7, 11) is 3.64. The molecule has 0 saturated carbocycles. The van der Waals surface area contributed by atoms with Gasteiger partial charge < -0.3 is 15.0 Å². The average Bonchev–Trinajstić information content (AvgIpc) is 2.56. The Balaban J connectivity index is 1.96. The summed E-state index contributed by atoms with van der Waals surface area (Å²) in [6.07, 6.45) is 0. The third kappa shape index (κ3) is 5.08. The molecule has 0 fully saturated rings. The zero-order valence-corrected chi connectivity index (χ0v) is 15.2. The van der Waals surface area contributed by atoms with Crippen LogP contribution in [0.1, 0.15) is 12.5 Å². The number of carbonyl (C=O) groups is 1. The lowest BCUT2D eigenvalue weighted by molar-refractivity contribution is -0.907. The molecule has 0 aromatic heterocycles. The lowest BCUT2D eigenvalue weighted by Crippen LogP contribution is -3.12. The van der Waals surface area contributed by atoms with Crippen LogP contribution in [0.2, 0.25) is 0 Å². The van der Waals surface area contributed by atoms with Crippen LogP contribution in [0.5, 0.6) is 5.75 Å². The highest BCUT2D eigenvalue weighted by molar-refractivity contribution is 9.10. The maximum absolute atomic E-state index is 12.4. The summed E-state index contributed by atoms with van der Waals surface area (Å²) in [6, 6.07) is 15.4. The number of halogens is 1. The van der Waals surface area contributed by atoms with Gasteiger partial charge in [-0.05, 0) is 31.2 Å². The highest BCUT2D eigenvalue weighted by Gasteiger charge is 2.22. The van der Waals surface area contributed by atoms with Crippen molar-refractivity contribution >= 4 is 27.5 Å². The summed E-state index contributed by atoms with van der Waals surface area (Å²) in [5.41, 5.74) is 1.95. The van der Waals surface area contributed by atoms with E-state index in [0.29, 0.717) is 0 Å². The summed E-state index contributed by atoms with van der Waals surface area (Å²) < 4.78 is 6.23. The molecule has 0 saturated heterocycles. The van der Waals surface area contributed by atoms with Crippen LogP contribution >= 0.6 is 15.9 Å².